The minimum Gasteiger partial charge on any atom is -0.477 e. The van der Waals surface area contributed by atoms with Gasteiger partial charge >= 0.3 is 47.7 Å². The van der Waals surface area contributed by atoms with Crippen molar-refractivity contribution in [3.05, 3.63) is 12.7 Å². The molecule has 0 rings (SSSR count). The average molecular weight is 471 g/mol. The highest BCUT2D eigenvalue weighted by Crippen LogP contribution is 2.62. The Balaban J connectivity index is 0. The molecular weight excluding hydrogens is 463 g/mol. The Kier molecular flexibility index (Phi) is 8.19. The third kappa shape index (κ3) is 4.35. The van der Waals surface area contributed by atoms with Crippen LogP contribution in [0.25, 0.3) is 0 Å². The summed E-state index contributed by atoms with van der Waals surface area (Å²) in [6.07, 6.45) is -6.04. The molecule has 174 valence electrons. The zero-order chi connectivity index (χ0) is 24.5. The molecule has 0 aromatic carbocycles. The van der Waals surface area contributed by atoms with Gasteiger partial charge in [-0.05, 0) is 0 Å². The van der Waals surface area contributed by atoms with Crippen molar-refractivity contribution in [1.29, 1.82) is 0 Å². The van der Waals surface area contributed by atoms with Gasteiger partial charge in [-0.3, -0.25) is 0 Å². The largest absolute Gasteiger partial charge is 0.477 e. The fourth-order valence-corrected chi connectivity index (χ4v) is 1.10. The van der Waals surface area contributed by atoms with Gasteiger partial charge in [-0.25, -0.2) is 4.79 Å². The molecule has 0 aliphatic carbocycles. The van der Waals surface area contributed by atoms with Crippen LogP contribution >= 0.6 is 0 Å². The molecule has 0 aromatic heterocycles. The van der Waals surface area contributed by atoms with Crippen LogP contribution in [0.15, 0.2) is 12.7 Å². The zero-order valence-corrected chi connectivity index (χ0v) is 13.1. The first kappa shape index (κ1) is 29.3. The second-order valence-corrected chi connectivity index (χ2v) is 4.77. The van der Waals surface area contributed by atoms with E-state index in [1.54, 1.807) is 6.08 Å². The summed E-state index contributed by atoms with van der Waals surface area (Å²) in [5.41, 5.74) is 4.91. The monoisotopic (exact) mass is 471 g/mol. The molecule has 0 fully saturated rings. The summed E-state index contributed by atoms with van der Waals surface area (Å²) in [6.45, 7) is 3.94. The number of rotatable bonds is 7. The number of aliphatic carboxylic acids is 1. The van der Waals surface area contributed by atoms with Gasteiger partial charge in [-0.2, -0.15) is 65.9 Å². The van der Waals surface area contributed by atoms with Crippen molar-refractivity contribution < 1.29 is 75.8 Å². The number of carbonyl (C=O) groups is 1. The number of carboxylic acids is 1. The summed E-state index contributed by atoms with van der Waals surface area (Å²) in [7, 11) is 0. The van der Waals surface area contributed by atoms with Gasteiger partial charge in [-0.1, -0.05) is 6.08 Å². The molecule has 0 saturated carbocycles. The lowest BCUT2D eigenvalue weighted by atomic mass is 9.91. The first-order valence-corrected chi connectivity index (χ1v) is 6.24. The fraction of sp³-hybridized carbons (Fsp3) is 0.727. The first-order chi connectivity index (χ1) is 12.4. The second-order valence-electron chi connectivity index (χ2n) is 4.77. The van der Waals surface area contributed by atoms with Gasteiger partial charge in [0, 0.05) is 6.54 Å². The number of nitrogens with two attached hydrogens (primary N) is 1. The van der Waals surface area contributed by atoms with Gasteiger partial charge in [0.25, 0.3) is 0 Å². The van der Waals surface area contributed by atoms with Crippen LogP contribution in [0.3, 0.4) is 0 Å². The lowest BCUT2D eigenvalue weighted by molar-refractivity contribution is -0.450. The molecule has 0 atom stereocenters. The van der Waals surface area contributed by atoms with Crippen LogP contribution in [-0.2, 0) is 4.79 Å². The maximum atomic E-state index is 12.8. The van der Waals surface area contributed by atoms with E-state index >= 15 is 0 Å². The topological polar surface area (TPSA) is 63.3 Å². The quantitative estimate of drug-likeness (QED) is 0.423. The lowest BCUT2D eigenvalue weighted by Gasteiger charge is -2.40. The van der Waals surface area contributed by atoms with E-state index in [0.717, 1.165) is 0 Å². The second kappa shape index (κ2) is 8.10. The lowest BCUT2D eigenvalue weighted by Crippen LogP contribution is -2.73. The molecule has 0 heterocycles. The van der Waals surface area contributed by atoms with Crippen LogP contribution in [0.4, 0.5) is 65.9 Å². The third-order valence-corrected chi connectivity index (χ3v) is 2.76. The maximum Gasteiger partial charge on any atom is 0.460 e. The van der Waals surface area contributed by atoms with Crippen molar-refractivity contribution in [2.45, 2.75) is 41.7 Å². The van der Waals surface area contributed by atoms with E-state index < -0.39 is 47.7 Å². The Labute approximate surface area is 149 Å². The summed E-state index contributed by atoms with van der Waals surface area (Å²) in [6, 6.07) is 0. The van der Waals surface area contributed by atoms with Crippen LogP contribution in [0.2, 0.25) is 0 Å². The van der Waals surface area contributed by atoms with Gasteiger partial charge in [-0.15, -0.1) is 6.58 Å². The highest BCUT2D eigenvalue weighted by Gasteiger charge is 2.94. The standard InChI is InChI=1S/C8HF15O2.C3H7N/c9-2(10,1(24)25)3(11,12)4(13,14)5(15,16)6(17,18)7(19,20)8(21,22)23;1-2-3-4/h(H,24,25);2H,1,3-4H2. The molecule has 0 aliphatic rings. The van der Waals surface area contributed by atoms with Gasteiger partial charge in [0.2, 0.25) is 0 Å². The molecule has 3 N–H and O–H groups in total. The molecule has 0 radical (unpaired) electrons. The molecule has 18 heteroatoms. The van der Waals surface area contributed by atoms with Crippen molar-refractivity contribution in [1.82, 2.24) is 0 Å². The predicted octanol–water partition coefficient (Wildman–Crippen LogP) is 4.58. The van der Waals surface area contributed by atoms with Gasteiger partial charge < -0.3 is 10.8 Å². The average Bonchev–Trinajstić information content (AvgIpc) is 2.52. The van der Waals surface area contributed by atoms with Gasteiger partial charge in [0.05, 0.1) is 0 Å². The van der Waals surface area contributed by atoms with E-state index in [9.17, 15) is 70.7 Å². The Bertz CT molecular complexity index is 596. The molecule has 0 aliphatic heterocycles. The Morgan fingerprint density at radius 1 is 0.690 bits per heavy atom. The Morgan fingerprint density at radius 2 is 0.931 bits per heavy atom. The molecule has 29 heavy (non-hydrogen) atoms. The SMILES string of the molecule is C=CCN.O=C(O)C(F)(F)C(F)(F)C(F)(F)C(F)(F)C(F)(F)C(F)(F)C(F)(F)F. The smallest absolute Gasteiger partial charge is 0.460 e. The molecule has 3 nitrogen and oxygen atoms in total. The summed E-state index contributed by atoms with van der Waals surface area (Å²) in [5.74, 6) is -52.8. The molecule has 0 aromatic rings. The van der Waals surface area contributed by atoms with Gasteiger partial charge in [0.1, 0.15) is 0 Å². The summed E-state index contributed by atoms with van der Waals surface area (Å²) < 4.78 is 187. The first-order valence-electron chi connectivity index (χ1n) is 6.24. The van der Waals surface area contributed by atoms with Crippen LogP contribution in [-0.4, -0.2) is 59.3 Å². The minimum atomic E-state index is -8.47. The van der Waals surface area contributed by atoms with E-state index in [1.807, 2.05) is 0 Å². The highest BCUT2D eigenvalue weighted by atomic mass is 19.4. The molecule has 0 bridgehead atoms. The van der Waals surface area contributed by atoms with Crippen LogP contribution < -0.4 is 5.73 Å². The molecule has 0 saturated heterocycles. The van der Waals surface area contributed by atoms with Crippen LogP contribution in [0, 0.1) is 0 Å². The third-order valence-electron chi connectivity index (χ3n) is 2.76. The summed E-state index contributed by atoms with van der Waals surface area (Å²) in [5, 5.41) is 7.57. The minimum absolute atomic E-state index is 0.583. The van der Waals surface area contributed by atoms with Crippen molar-refractivity contribution in [2.24, 2.45) is 5.73 Å². The van der Waals surface area contributed by atoms with Gasteiger partial charge in [0.15, 0.2) is 0 Å². The van der Waals surface area contributed by atoms with E-state index in [-0.39, 0.29) is 0 Å². The number of halogens is 15. The summed E-state index contributed by atoms with van der Waals surface area (Å²) in [4.78, 5) is 9.72. The fourth-order valence-electron chi connectivity index (χ4n) is 1.10. The number of hydrogen-bond acceptors (Lipinski definition) is 2. The highest BCUT2D eigenvalue weighted by molar-refractivity contribution is 5.77. The number of hydrogen-bond donors (Lipinski definition) is 2. The zero-order valence-electron chi connectivity index (χ0n) is 13.1. The normalized spacial score (nSPS) is 14.8. The van der Waals surface area contributed by atoms with E-state index in [1.165, 1.54) is 0 Å². The molecule has 0 spiro atoms. The van der Waals surface area contributed by atoms with Crippen LogP contribution in [0.1, 0.15) is 0 Å². The van der Waals surface area contributed by atoms with Crippen molar-refractivity contribution >= 4 is 5.97 Å². The summed E-state index contributed by atoms with van der Waals surface area (Å²) >= 11 is 0. The van der Waals surface area contributed by atoms with E-state index in [0.29, 0.717) is 6.54 Å². The van der Waals surface area contributed by atoms with Crippen molar-refractivity contribution in [3.8, 4) is 0 Å². The van der Waals surface area contributed by atoms with Crippen molar-refractivity contribution in [2.75, 3.05) is 6.54 Å². The van der Waals surface area contributed by atoms with Crippen LogP contribution in [0.5, 0.6) is 0 Å². The number of carboxylic acid groups (broad SMARTS) is 1. The number of alkyl halides is 15. The molecule has 0 unspecified atom stereocenters. The van der Waals surface area contributed by atoms with Crippen molar-refractivity contribution in [3.63, 3.8) is 0 Å². The molecule has 0 amide bonds. The Morgan fingerprint density at radius 3 is 1.14 bits per heavy atom. The molecular formula is C11H8F15NO2. The van der Waals surface area contributed by atoms with E-state index in [4.69, 9.17) is 10.8 Å². The van der Waals surface area contributed by atoms with E-state index in [2.05, 4.69) is 6.58 Å². The Hall–Kier alpha value is -1.88. The predicted molar refractivity (Wildman–Crippen MR) is 62.6 cm³/mol. The maximum absolute atomic E-state index is 12.8.